The summed E-state index contributed by atoms with van der Waals surface area (Å²) in [5, 5.41) is 6.59. The quantitative estimate of drug-likeness (QED) is 0.355. The second kappa shape index (κ2) is 10.6. The molecule has 0 spiro atoms. The van der Waals surface area contributed by atoms with Gasteiger partial charge in [0.1, 0.15) is 17.3 Å². The second-order valence-electron chi connectivity index (χ2n) is 7.95. The SMILES string of the molecule is CN(C(=O)Oc1ccccc1)C1Cc2cc(F)ccc2/C1=N\NC(=O)Nc1ccc(OC(F)(F)F)cc1. The van der Waals surface area contributed by atoms with Crippen molar-refractivity contribution in [3.63, 3.8) is 0 Å². The van der Waals surface area contributed by atoms with Crippen molar-refractivity contribution in [3.8, 4) is 11.5 Å². The third-order valence-corrected chi connectivity index (χ3v) is 5.40. The third kappa shape index (κ3) is 6.54. The molecule has 192 valence electrons. The van der Waals surface area contributed by atoms with Gasteiger partial charge in [-0.25, -0.2) is 19.4 Å². The van der Waals surface area contributed by atoms with Gasteiger partial charge in [-0.2, -0.15) is 5.10 Å². The van der Waals surface area contributed by atoms with Gasteiger partial charge >= 0.3 is 18.5 Å². The van der Waals surface area contributed by atoms with Crippen LogP contribution in [0.15, 0.2) is 77.9 Å². The number of hydrogen-bond donors (Lipinski definition) is 2. The lowest BCUT2D eigenvalue weighted by Gasteiger charge is -2.24. The Balaban J connectivity index is 1.48. The van der Waals surface area contributed by atoms with Gasteiger partial charge in [0, 0.05) is 18.3 Å². The molecule has 1 aliphatic carbocycles. The van der Waals surface area contributed by atoms with Gasteiger partial charge in [0.2, 0.25) is 0 Å². The normalized spacial score (nSPS) is 15.6. The lowest BCUT2D eigenvalue weighted by molar-refractivity contribution is -0.274. The highest BCUT2D eigenvalue weighted by Crippen LogP contribution is 2.28. The number of carbonyl (C=O) groups excluding carboxylic acids is 2. The van der Waals surface area contributed by atoms with Crippen molar-refractivity contribution in [1.82, 2.24) is 10.3 Å². The van der Waals surface area contributed by atoms with E-state index in [4.69, 9.17) is 4.74 Å². The molecule has 0 heterocycles. The number of fused-ring (bicyclic) bond motifs is 1. The number of likely N-dealkylation sites (N-methyl/N-ethyl adjacent to an activating group) is 1. The van der Waals surface area contributed by atoms with Crippen LogP contribution in [-0.2, 0) is 6.42 Å². The van der Waals surface area contributed by atoms with Crippen molar-refractivity contribution in [3.05, 3.63) is 89.7 Å². The number of nitrogens with one attached hydrogen (secondary N) is 2. The van der Waals surface area contributed by atoms with Crippen LogP contribution < -0.4 is 20.2 Å². The second-order valence-corrected chi connectivity index (χ2v) is 7.95. The van der Waals surface area contributed by atoms with Crippen LogP contribution in [-0.4, -0.2) is 42.2 Å². The number of urea groups is 1. The summed E-state index contributed by atoms with van der Waals surface area (Å²) in [5.41, 5.74) is 3.92. The fraction of sp³-hybridized carbons (Fsp3) is 0.160. The maximum Gasteiger partial charge on any atom is 0.573 e. The van der Waals surface area contributed by atoms with Crippen molar-refractivity contribution in [2.45, 2.75) is 18.8 Å². The highest BCUT2D eigenvalue weighted by atomic mass is 19.4. The summed E-state index contributed by atoms with van der Waals surface area (Å²) < 4.78 is 59.9. The van der Waals surface area contributed by atoms with Crippen LogP contribution in [0.3, 0.4) is 0 Å². The fourth-order valence-electron chi connectivity index (χ4n) is 3.72. The Hall–Kier alpha value is -4.61. The van der Waals surface area contributed by atoms with Crippen LogP contribution in [0, 0.1) is 5.82 Å². The molecule has 1 aliphatic rings. The predicted molar refractivity (Wildman–Crippen MR) is 126 cm³/mol. The minimum absolute atomic E-state index is 0.182. The highest BCUT2D eigenvalue weighted by Gasteiger charge is 2.35. The van der Waals surface area contributed by atoms with Crippen LogP contribution >= 0.6 is 0 Å². The molecular weight excluding hydrogens is 496 g/mol. The number of ether oxygens (including phenoxy) is 2. The lowest BCUT2D eigenvalue weighted by atomic mass is 10.1. The molecule has 0 saturated heterocycles. The van der Waals surface area contributed by atoms with Gasteiger partial charge in [-0.3, -0.25) is 0 Å². The van der Waals surface area contributed by atoms with Crippen LogP contribution in [0.5, 0.6) is 11.5 Å². The molecule has 0 bridgehead atoms. The maximum atomic E-state index is 13.8. The average Bonchev–Trinajstić information content (AvgIpc) is 3.20. The van der Waals surface area contributed by atoms with E-state index in [9.17, 15) is 27.2 Å². The summed E-state index contributed by atoms with van der Waals surface area (Å²) in [5.74, 6) is -0.567. The molecule has 1 atom stereocenters. The Morgan fingerprint density at radius 3 is 2.38 bits per heavy atom. The molecule has 37 heavy (non-hydrogen) atoms. The molecule has 2 N–H and O–H groups in total. The van der Waals surface area contributed by atoms with Crippen molar-refractivity contribution < 1.29 is 36.6 Å². The largest absolute Gasteiger partial charge is 0.573 e. The van der Waals surface area contributed by atoms with Crippen molar-refractivity contribution in [2.24, 2.45) is 5.10 Å². The van der Waals surface area contributed by atoms with Crippen LogP contribution in [0.2, 0.25) is 0 Å². The molecule has 3 amide bonds. The number of alkyl halides is 3. The first kappa shape index (κ1) is 25.5. The molecule has 1 unspecified atom stereocenters. The number of benzene rings is 3. The van der Waals surface area contributed by atoms with Gasteiger partial charge in [-0.1, -0.05) is 18.2 Å². The van der Waals surface area contributed by atoms with Crippen LogP contribution in [0.25, 0.3) is 0 Å². The summed E-state index contributed by atoms with van der Waals surface area (Å²) in [4.78, 5) is 26.4. The first-order chi connectivity index (χ1) is 17.6. The predicted octanol–water partition coefficient (Wildman–Crippen LogP) is 5.31. The van der Waals surface area contributed by atoms with Gasteiger partial charge in [0.15, 0.2) is 0 Å². The van der Waals surface area contributed by atoms with E-state index >= 15 is 0 Å². The van der Waals surface area contributed by atoms with Gasteiger partial charge in [0.05, 0.1) is 11.8 Å². The molecule has 3 aromatic rings. The van der Waals surface area contributed by atoms with E-state index in [1.165, 1.54) is 42.3 Å². The number of hydrazone groups is 1. The molecule has 0 saturated carbocycles. The van der Waals surface area contributed by atoms with E-state index in [0.29, 0.717) is 22.6 Å². The molecule has 0 fully saturated rings. The Kier molecular flexibility index (Phi) is 7.27. The van der Waals surface area contributed by atoms with Crippen molar-refractivity contribution in [2.75, 3.05) is 12.4 Å². The summed E-state index contributed by atoms with van der Waals surface area (Å²) in [7, 11) is 1.50. The van der Waals surface area contributed by atoms with E-state index in [0.717, 1.165) is 12.1 Å². The molecule has 0 aromatic heterocycles. The van der Waals surface area contributed by atoms with E-state index in [1.807, 2.05) is 0 Å². The molecule has 8 nitrogen and oxygen atoms in total. The van der Waals surface area contributed by atoms with Gasteiger partial charge in [-0.15, -0.1) is 13.2 Å². The minimum Gasteiger partial charge on any atom is -0.410 e. The summed E-state index contributed by atoms with van der Waals surface area (Å²) in [6.07, 6.45) is -5.28. The fourth-order valence-corrected chi connectivity index (χ4v) is 3.72. The number of para-hydroxylation sites is 1. The number of halogens is 4. The van der Waals surface area contributed by atoms with Gasteiger partial charge < -0.3 is 19.7 Å². The zero-order valence-corrected chi connectivity index (χ0v) is 19.3. The summed E-state index contributed by atoms with van der Waals surface area (Å²) >= 11 is 0. The number of rotatable bonds is 5. The summed E-state index contributed by atoms with van der Waals surface area (Å²) in [6, 6.07) is 15.6. The Morgan fingerprint density at radius 2 is 1.70 bits per heavy atom. The number of nitrogens with zero attached hydrogens (tertiary/aromatic N) is 2. The molecule has 0 aliphatic heterocycles. The smallest absolute Gasteiger partial charge is 0.410 e. The van der Waals surface area contributed by atoms with Gasteiger partial charge in [0.25, 0.3) is 0 Å². The van der Waals surface area contributed by atoms with E-state index in [2.05, 4.69) is 20.6 Å². The van der Waals surface area contributed by atoms with Crippen LogP contribution in [0.1, 0.15) is 11.1 Å². The first-order valence-corrected chi connectivity index (χ1v) is 10.9. The molecule has 3 aromatic carbocycles. The number of carbonyl (C=O) groups is 2. The minimum atomic E-state index is -4.83. The van der Waals surface area contributed by atoms with Gasteiger partial charge in [-0.05, 0) is 66.6 Å². The zero-order valence-electron chi connectivity index (χ0n) is 19.3. The number of hydrogen-bond acceptors (Lipinski definition) is 5. The standard InChI is InChI=1S/C25H20F4N4O4/c1-33(24(35)36-18-5-3-2-4-6-18)21-14-15-13-16(26)7-12-20(15)22(21)31-32-23(34)30-17-8-10-19(11-9-17)37-25(27,28)29/h2-13,21H,14H2,1H3,(H2,30,32,34)/b31-22+. The topological polar surface area (TPSA) is 92.3 Å². The Morgan fingerprint density at radius 1 is 1.00 bits per heavy atom. The molecular formula is C25H20F4N4O4. The van der Waals surface area contributed by atoms with Crippen molar-refractivity contribution in [1.29, 1.82) is 0 Å². The number of anilines is 1. The monoisotopic (exact) mass is 516 g/mol. The average molecular weight is 516 g/mol. The number of amides is 3. The Bertz CT molecular complexity index is 1310. The third-order valence-electron chi connectivity index (χ3n) is 5.40. The first-order valence-electron chi connectivity index (χ1n) is 10.9. The van der Waals surface area contributed by atoms with Crippen molar-refractivity contribution >= 4 is 23.5 Å². The lowest BCUT2D eigenvalue weighted by Crippen LogP contribution is -2.43. The van der Waals surface area contributed by atoms with E-state index < -0.39 is 36.1 Å². The summed E-state index contributed by atoms with van der Waals surface area (Å²) in [6.45, 7) is 0. The molecule has 0 radical (unpaired) electrons. The molecule has 4 rings (SSSR count). The zero-order chi connectivity index (χ0) is 26.6. The molecule has 12 heteroatoms. The highest BCUT2D eigenvalue weighted by molar-refractivity contribution is 6.10. The van der Waals surface area contributed by atoms with E-state index in [1.54, 1.807) is 30.3 Å². The van der Waals surface area contributed by atoms with E-state index in [-0.39, 0.29) is 12.1 Å². The van der Waals surface area contributed by atoms with Crippen LogP contribution in [0.4, 0.5) is 32.8 Å². The maximum absolute atomic E-state index is 13.8. The Labute approximate surface area is 208 Å².